The van der Waals surface area contributed by atoms with Crippen LogP contribution >= 0.6 is 0 Å². The minimum absolute atomic E-state index is 0.131. The molecule has 1 atom stereocenters. The van der Waals surface area contributed by atoms with Gasteiger partial charge in [-0.2, -0.15) is 0 Å². The van der Waals surface area contributed by atoms with Crippen LogP contribution in [0.2, 0.25) is 0 Å². The summed E-state index contributed by atoms with van der Waals surface area (Å²) in [4.78, 5) is 2.56. The summed E-state index contributed by atoms with van der Waals surface area (Å²) in [6.07, 6.45) is 1.24. The largest absolute Gasteiger partial charge is 0.380 e. The summed E-state index contributed by atoms with van der Waals surface area (Å²) in [6.45, 7) is 3.73. The van der Waals surface area contributed by atoms with Gasteiger partial charge < -0.3 is 10.2 Å². The molecule has 0 radical (unpaired) electrons. The molecule has 124 valence electrons. The Labute approximate surface area is 139 Å². The Bertz CT molecular complexity index is 730. The SMILES string of the molecule is CC(CN(C)Cc1ccccc1)Nc1ccccc1S(C)(=O)=O. The highest BCUT2D eigenvalue weighted by Crippen LogP contribution is 2.21. The van der Waals surface area contributed by atoms with Crippen molar-refractivity contribution in [2.75, 3.05) is 25.2 Å². The third-order valence-electron chi connectivity index (χ3n) is 3.57. The summed E-state index contributed by atoms with van der Waals surface area (Å²) < 4.78 is 23.7. The van der Waals surface area contributed by atoms with Gasteiger partial charge in [0.15, 0.2) is 9.84 Å². The van der Waals surface area contributed by atoms with Crippen molar-refractivity contribution < 1.29 is 8.42 Å². The van der Waals surface area contributed by atoms with E-state index in [1.165, 1.54) is 11.8 Å². The van der Waals surface area contributed by atoms with Crippen LogP contribution in [0.4, 0.5) is 5.69 Å². The van der Waals surface area contributed by atoms with E-state index >= 15 is 0 Å². The van der Waals surface area contributed by atoms with Crippen LogP contribution in [0.1, 0.15) is 12.5 Å². The molecule has 2 aromatic carbocycles. The maximum Gasteiger partial charge on any atom is 0.177 e. The molecule has 2 aromatic rings. The average Bonchev–Trinajstić information content (AvgIpc) is 2.47. The molecule has 5 heteroatoms. The van der Waals surface area contributed by atoms with Crippen LogP contribution in [-0.2, 0) is 16.4 Å². The molecular formula is C18H24N2O2S. The Morgan fingerprint density at radius 1 is 1.04 bits per heavy atom. The lowest BCUT2D eigenvalue weighted by atomic mass is 10.2. The smallest absolute Gasteiger partial charge is 0.177 e. The predicted molar refractivity (Wildman–Crippen MR) is 95.4 cm³/mol. The number of anilines is 1. The van der Waals surface area contributed by atoms with Gasteiger partial charge in [-0.3, -0.25) is 0 Å². The lowest BCUT2D eigenvalue weighted by Crippen LogP contribution is -2.32. The highest BCUT2D eigenvalue weighted by atomic mass is 32.2. The van der Waals surface area contributed by atoms with Gasteiger partial charge in [-0.25, -0.2) is 8.42 Å². The van der Waals surface area contributed by atoms with E-state index in [4.69, 9.17) is 0 Å². The van der Waals surface area contributed by atoms with Gasteiger partial charge in [-0.05, 0) is 31.7 Å². The van der Waals surface area contributed by atoms with Crippen molar-refractivity contribution in [2.24, 2.45) is 0 Å². The summed E-state index contributed by atoms with van der Waals surface area (Å²) >= 11 is 0. The van der Waals surface area contributed by atoms with Gasteiger partial charge in [0, 0.05) is 25.4 Å². The Balaban J connectivity index is 1.99. The number of rotatable bonds is 7. The van der Waals surface area contributed by atoms with Crippen LogP contribution in [0.15, 0.2) is 59.5 Å². The fourth-order valence-corrected chi connectivity index (χ4v) is 3.50. The van der Waals surface area contributed by atoms with Crippen molar-refractivity contribution in [3.63, 3.8) is 0 Å². The highest BCUT2D eigenvalue weighted by molar-refractivity contribution is 7.90. The monoisotopic (exact) mass is 332 g/mol. The van der Waals surface area contributed by atoms with Crippen molar-refractivity contribution >= 4 is 15.5 Å². The predicted octanol–water partition coefficient (Wildman–Crippen LogP) is 3.02. The van der Waals surface area contributed by atoms with E-state index in [0.717, 1.165) is 13.1 Å². The number of nitrogens with zero attached hydrogens (tertiary/aromatic N) is 1. The van der Waals surface area contributed by atoms with Crippen LogP contribution in [0.3, 0.4) is 0 Å². The maximum atomic E-state index is 11.8. The molecular weight excluding hydrogens is 308 g/mol. The highest BCUT2D eigenvalue weighted by Gasteiger charge is 2.14. The van der Waals surface area contributed by atoms with Crippen LogP contribution in [0.25, 0.3) is 0 Å². The third-order valence-corrected chi connectivity index (χ3v) is 4.72. The third kappa shape index (κ3) is 5.37. The fourth-order valence-electron chi connectivity index (χ4n) is 2.65. The molecule has 23 heavy (non-hydrogen) atoms. The van der Waals surface area contributed by atoms with Gasteiger partial charge in [-0.1, -0.05) is 42.5 Å². The van der Waals surface area contributed by atoms with Crippen LogP contribution in [0, 0.1) is 0 Å². The molecule has 0 fully saturated rings. The van der Waals surface area contributed by atoms with E-state index in [-0.39, 0.29) is 6.04 Å². The molecule has 0 amide bonds. The number of likely N-dealkylation sites (N-methyl/N-ethyl adjacent to an activating group) is 1. The normalized spacial score (nSPS) is 13.0. The summed E-state index contributed by atoms with van der Waals surface area (Å²) in [6, 6.07) is 17.5. The zero-order valence-corrected chi connectivity index (χ0v) is 14.7. The average molecular weight is 332 g/mol. The Hall–Kier alpha value is -1.85. The lowest BCUT2D eigenvalue weighted by molar-refractivity contribution is 0.316. The zero-order chi connectivity index (χ0) is 16.9. The van der Waals surface area contributed by atoms with Gasteiger partial charge in [0.1, 0.15) is 0 Å². The molecule has 0 saturated carbocycles. The molecule has 2 rings (SSSR count). The molecule has 0 heterocycles. The number of hydrogen-bond donors (Lipinski definition) is 1. The van der Waals surface area contributed by atoms with Crippen molar-refractivity contribution in [2.45, 2.75) is 24.4 Å². The van der Waals surface area contributed by atoms with Crippen molar-refractivity contribution in [1.82, 2.24) is 4.90 Å². The molecule has 1 unspecified atom stereocenters. The molecule has 0 spiro atoms. The van der Waals surface area contributed by atoms with E-state index in [1.54, 1.807) is 12.1 Å². The van der Waals surface area contributed by atoms with Crippen molar-refractivity contribution in [3.05, 3.63) is 60.2 Å². The first-order valence-electron chi connectivity index (χ1n) is 7.64. The maximum absolute atomic E-state index is 11.8. The first-order valence-corrected chi connectivity index (χ1v) is 9.53. The molecule has 0 aliphatic heterocycles. The Kier molecular flexibility index (Phi) is 5.80. The number of nitrogens with one attached hydrogen (secondary N) is 1. The second-order valence-electron chi connectivity index (χ2n) is 6.00. The molecule has 0 aromatic heterocycles. The van der Waals surface area contributed by atoms with Gasteiger partial charge in [0.05, 0.1) is 10.6 Å². The molecule has 0 bridgehead atoms. The molecule has 4 nitrogen and oxygen atoms in total. The van der Waals surface area contributed by atoms with Crippen molar-refractivity contribution in [1.29, 1.82) is 0 Å². The molecule has 0 aliphatic carbocycles. The fraction of sp³-hybridized carbons (Fsp3) is 0.333. The second kappa shape index (κ2) is 7.62. The quantitative estimate of drug-likeness (QED) is 0.847. The van der Waals surface area contributed by atoms with E-state index in [1.807, 2.05) is 30.3 Å². The Morgan fingerprint density at radius 2 is 1.65 bits per heavy atom. The van der Waals surface area contributed by atoms with Crippen LogP contribution in [-0.4, -0.2) is 39.2 Å². The minimum atomic E-state index is -3.23. The van der Waals surface area contributed by atoms with Gasteiger partial charge >= 0.3 is 0 Å². The molecule has 0 saturated heterocycles. The molecule has 1 N–H and O–H groups in total. The van der Waals surface area contributed by atoms with E-state index in [9.17, 15) is 8.42 Å². The van der Waals surface area contributed by atoms with E-state index < -0.39 is 9.84 Å². The van der Waals surface area contributed by atoms with Crippen LogP contribution in [0.5, 0.6) is 0 Å². The number of sulfone groups is 1. The summed E-state index contributed by atoms with van der Waals surface area (Å²) in [7, 11) is -1.17. The summed E-state index contributed by atoms with van der Waals surface area (Å²) in [5.74, 6) is 0. The lowest BCUT2D eigenvalue weighted by Gasteiger charge is -2.24. The summed E-state index contributed by atoms with van der Waals surface area (Å²) in [5.41, 5.74) is 1.93. The standard InChI is InChI=1S/C18H24N2O2S/c1-15(13-20(2)14-16-9-5-4-6-10-16)19-17-11-7-8-12-18(17)23(3,21)22/h4-12,15,19H,13-14H2,1-3H3. The van der Waals surface area contributed by atoms with Crippen molar-refractivity contribution in [3.8, 4) is 0 Å². The number of benzene rings is 2. The first-order chi connectivity index (χ1) is 10.9. The van der Waals surface area contributed by atoms with Crippen LogP contribution < -0.4 is 5.32 Å². The zero-order valence-electron chi connectivity index (χ0n) is 13.9. The second-order valence-corrected chi connectivity index (χ2v) is 7.98. The van der Waals surface area contributed by atoms with E-state index in [2.05, 4.69) is 36.3 Å². The minimum Gasteiger partial charge on any atom is -0.380 e. The summed E-state index contributed by atoms with van der Waals surface area (Å²) in [5, 5.41) is 3.31. The first kappa shape index (κ1) is 17.5. The number of para-hydroxylation sites is 1. The number of hydrogen-bond acceptors (Lipinski definition) is 4. The van der Waals surface area contributed by atoms with Gasteiger partial charge in [-0.15, -0.1) is 0 Å². The topological polar surface area (TPSA) is 49.4 Å². The van der Waals surface area contributed by atoms with Gasteiger partial charge in [0.25, 0.3) is 0 Å². The van der Waals surface area contributed by atoms with Gasteiger partial charge in [0.2, 0.25) is 0 Å². The Morgan fingerprint density at radius 3 is 2.30 bits per heavy atom. The molecule has 0 aliphatic rings. The van der Waals surface area contributed by atoms with E-state index in [0.29, 0.717) is 10.6 Å².